The molecule has 20 heavy (non-hydrogen) atoms. The average molecular weight is 311 g/mol. The summed E-state index contributed by atoms with van der Waals surface area (Å²) in [5.74, 6) is 0.149. The van der Waals surface area contributed by atoms with E-state index in [2.05, 4.69) is 0 Å². The predicted molar refractivity (Wildman–Crippen MR) is 70.0 cm³/mol. The number of ether oxygens (including phenoxy) is 2. The Morgan fingerprint density at radius 3 is 2.25 bits per heavy atom. The summed E-state index contributed by atoms with van der Waals surface area (Å²) < 4.78 is 47.6. The molecule has 0 aromatic heterocycles. The molecule has 114 valence electrons. The Bertz CT molecular complexity index is 472. The van der Waals surface area contributed by atoms with Crippen molar-refractivity contribution >= 4 is 11.8 Å². The first-order chi connectivity index (χ1) is 9.05. The second-order valence-corrected chi connectivity index (χ2v) is 5.52. The third-order valence-electron chi connectivity index (χ3n) is 2.29. The monoisotopic (exact) mass is 311 g/mol. The Hall–Kier alpha value is -1.12. The zero-order chi connectivity index (χ0) is 15.6. The van der Waals surface area contributed by atoms with Crippen molar-refractivity contribution in [3.63, 3.8) is 0 Å². The molecule has 1 aromatic carbocycles. The molecule has 1 unspecified atom stereocenters. The van der Waals surface area contributed by atoms with Crippen molar-refractivity contribution in [3.05, 3.63) is 17.7 Å². The third-order valence-corrected chi connectivity index (χ3v) is 3.05. The van der Waals surface area contributed by atoms with Crippen molar-refractivity contribution in [2.45, 2.75) is 29.5 Å². The van der Waals surface area contributed by atoms with Crippen LogP contribution in [0, 0.1) is 0 Å². The van der Waals surface area contributed by atoms with E-state index >= 15 is 0 Å². The predicted octanol–water partition coefficient (Wildman–Crippen LogP) is 2.53. The summed E-state index contributed by atoms with van der Waals surface area (Å²) in [6.45, 7) is 1.36. The molecule has 0 aliphatic rings. The molecule has 3 N–H and O–H groups in total. The first-order valence-corrected chi connectivity index (χ1v) is 6.39. The van der Waals surface area contributed by atoms with Gasteiger partial charge in [-0.25, -0.2) is 0 Å². The fourth-order valence-electron chi connectivity index (χ4n) is 1.70. The van der Waals surface area contributed by atoms with Gasteiger partial charge in [0.2, 0.25) is 0 Å². The van der Waals surface area contributed by atoms with E-state index in [0.717, 1.165) is 0 Å². The molecule has 0 aliphatic heterocycles. The summed E-state index contributed by atoms with van der Waals surface area (Å²) >= 11 is -0.306. The standard InChI is InChI=1S/C12H16F3NO3S/c1-11(16,17)6-7-4-8(18-2)10(19-3)9(5-7)20-12(13,14)15/h4-5,17H,6,16H2,1-3H3. The molecule has 0 bridgehead atoms. The van der Waals surface area contributed by atoms with Crippen molar-refractivity contribution in [1.29, 1.82) is 0 Å². The van der Waals surface area contributed by atoms with Crippen LogP contribution < -0.4 is 15.2 Å². The van der Waals surface area contributed by atoms with E-state index in [1.807, 2.05) is 0 Å². The lowest BCUT2D eigenvalue weighted by atomic mass is 10.0. The maximum Gasteiger partial charge on any atom is 0.446 e. The van der Waals surface area contributed by atoms with Gasteiger partial charge in [-0.05, 0) is 36.4 Å². The minimum absolute atomic E-state index is 0.00441. The van der Waals surface area contributed by atoms with Crippen molar-refractivity contribution in [1.82, 2.24) is 0 Å². The molecule has 0 saturated carbocycles. The quantitative estimate of drug-likeness (QED) is 0.646. The average Bonchev–Trinajstić information content (AvgIpc) is 2.23. The third kappa shape index (κ3) is 5.10. The summed E-state index contributed by atoms with van der Waals surface area (Å²) in [5.41, 5.74) is -0.104. The van der Waals surface area contributed by atoms with Crippen LogP contribution in [0.1, 0.15) is 12.5 Å². The van der Waals surface area contributed by atoms with Crippen LogP contribution in [-0.2, 0) is 6.42 Å². The van der Waals surface area contributed by atoms with Crippen molar-refractivity contribution in [2.75, 3.05) is 14.2 Å². The second-order valence-electron chi connectivity index (χ2n) is 4.41. The highest BCUT2D eigenvalue weighted by molar-refractivity contribution is 8.00. The number of alkyl halides is 3. The molecule has 0 saturated heterocycles. The topological polar surface area (TPSA) is 64.7 Å². The number of thioether (sulfide) groups is 1. The SMILES string of the molecule is COc1cc(CC(C)(N)O)cc(SC(F)(F)F)c1OC. The Kier molecular flexibility index (Phi) is 5.17. The van der Waals surface area contributed by atoms with Crippen LogP contribution in [0.3, 0.4) is 0 Å². The summed E-state index contributed by atoms with van der Waals surface area (Å²) in [6.07, 6.45) is -0.0151. The first-order valence-electron chi connectivity index (χ1n) is 5.57. The molecule has 0 fully saturated rings. The molecular weight excluding hydrogens is 295 g/mol. The summed E-state index contributed by atoms with van der Waals surface area (Å²) in [7, 11) is 2.58. The van der Waals surface area contributed by atoms with Crippen LogP contribution in [0.5, 0.6) is 11.5 Å². The number of halogens is 3. The number of rotatable bonds is 5. The Morgan fingerprint density at radius 1 is 1.25 bits per heavy atom. The van der Waals surface area contributed by atoms with Gasteiger partial charge in [-0.3, -0.25) is 0 Å². The van der Waals surface area contributed by atoms with E-state index in [1.165, 1.54) is 33.3 Å². The number of nitrogens with two attached hydrogens (primary N) is 1. The van der Waals surface area contributed by atoms with E-state index in [0.29, 0.717) is 5.56 Å². The molecule has 0 radical (unpaired) electrons. The maximum absolute atomic E-state index is 12.6. The fourth-order valence-corrected chi connectivity index (χ4v) is 2.44. The molecular formula is C12H16F3NO3S. The number of hydrogen-bond acceptors (Lipinski definition) is 5. The van der Waals surface area contributed by atoms with Crippen LogP contribution in [0.2, 0.25) is 0 Å². The van der Waals surface area contributed by atoms with Gasteiger partial charge < -0.3 is 20.3 Å². The van der Waals surface area contributed by atoms with Gasteiger partial charge >= 0.3 is 5.51 Å². The number of benzene rings is 1. The number of methoxy groups -OCH3 is 2. The summed E-state index contributed by atoms with van der Waals surface area (Å²) in [6, 6.07) is 2.77. The van der Waals surface area contributed by atoms with E-state index in [-0.39, 0.29) is 34.6 Å². The number of aliphatic hydroxyl groups is 1. The molecule has 4 nitrogen and oxygen atoms in total. The maximum atomic E-state index is 12.6. The first kappa shape index (κ1) is 16.9. The highest BCUT2D eigenvalue weighted by atomic mass is 32.2. The minimum atomic E-state index is -4.46. The normalized spacial score (nSPS) is 14.8. The summed E-state index contributed by atoms with van der Waals surface area (Å²) in [5, 5.41) is 9.56. The van der Waals surface area contributed by atoms with Gasteiger partial charge in [-0.2, -0.15) is 13.2 Å². The Balaban J connectivity index is 3.27. The van der Waals surface area contributed by atoms with E-state index < -0.39 is 11.2 Å². The van der Waals surface area contributed by atoms with E-state index in [4.69, 9.17) is 15.2 Å². The van der Waals surface area contributed by atoms with Crippen LogP contribution >= 0.6 is 11.8 Å². The van der Waals surface area contributed by atoms with Crippen molar-refractivity contribution in [2.24, 2.45) is 5.73 Å². The Morgan fingerprint density at radius 2 is 1.85 bits per heavy atom. The molecule has 0 amide bonds. The van der Waals surface area contributed by atoms with Crippen LogP contribution in [0.4, 0.5) is 13.2 Å². The van der Waals surface area contributed by atoms with E-state index in [9.17, 15) is 18.3 Å². The molecule has 8 heteroatoms. The molecule has 1 rings (SSSR count). The van der Waals surface area contributed by atoms with Gasteiger partial charge in [-0.1, -0.05) is 0 Å². The van der Waals surface area contributed by atoms with Gasteiger partial charge in [0.05, 0.1) is 19.1 Å². The van der Waals surface area contributed by atoms with Crippen molar-refractivity contribution < 1.29 is 27.8 Å². The summed E-state index contributed by atoms with van der Waals surface area (Å²) in [4.78, 5) is -0.140. The lowest BCUT2D eigenvalue weighted by Gasteiger charge is -2.20. The highest BCUT2D eigenvalue weighted by Crippen LogP contribution is 2.45. The number of hydrogen-bond donors (Lipinski definition) is 2. The zero-order valence-corrected chi connectivity index (χ0v) is 12.1. The van der Waals surface area contributed by atoms with Crippen LogP contribution in [0.25, 0.3) is 0 Å². The molecule has 1 atom stereocenters. The van der Waals surface area contributed by atoms with Gasteiger partial charge in [0, 0.05) is 6.42 Å². The lowest BCUT2D eigenvalue weighted by Crippen LogP contribution is -2.37. The minimum Gasteiger partial charge on any atom is -0.493 e. The molecule has 0 spiro atoms. The zero-order valence-electron chi connectivity index (χ0n) is 11.2. The second kappa shape index (κ2) is 6.11. The molecule has 0 aliphatic carbocycles. The van der Waals surface area contributed by atoms with E-state index in [1.54, 1.807) is 0 Å². The van der Waals surface area contributed by atoms with Gasteiger partial charge in [-0.15, -0.1) is 0 Å². The smallest absolute Gasteiger partial charge is 0.446 e. The lowest BCUT2D eigenvalue weighted by molar-refractivity contribution is -0.0328. The van der Waals surface area contributed by atoms with Gasteiger partial charge in [0.15, 0.2) is 11.5 Å². The Labute approximate surface area is 119 Å². The van der Waals surface area contributed by atoms with Crippen LogP contribution in [0.15, 0.2) is 17.0 Å². The largest absolute Gasteiger partial charge is 0.493 e. The van der Waals surface area contributed by atoms with Gasteiger partial charge in [0.1, 0.15) is 5.72 Å². The van der Waals surface area contributed by atoms with Gasteiger partial charge in [0.25, 0.3) is 0 Å². The van der Waals surface area contributed by atoms with Crippen LogP contribution in [-0.4, -0.2) is 30.6 Å². The van der Waals surface area contributed by atoms with Crippen molar-refractivity contribution in [3.8, 4) is 11.5 Å². The highest BCUT2D eigenvalue weighted by Gasteiger charge is 2.32. The molecule has 0 heterocycles. The molecule has 1 aromatic rings. The fraction of sp³-hybridized carbons (Fsp3) is 0.500.